The van der Waals surface area contributed by atoms with Gasteiger partial charge in [-0.1, -0.05) is 12.1 Å². The van der Waals surface area contributed by atoms with Crippen LogP contribution in [0.15, 0.2) is 47.1 Å². The highest BCUT2D eigenvalue weighted by Crippen LogP contribution is 2.32. The Hall–Kier alpha value is -2.83. The molecule has 0 N–H and O–H groups in total. The maximum absolute atomic E-state index is 12.3. The normalized spacial score (nSPS) is 11.6. The van der Waals surface area contributed by atoms with Gasteiger partial charge in [0.2, 0.25) is 0 Å². The molecule has 0 unspecified atom stereocenters. The molecule has 2 heterocycles. The molecule has 0 aliphatic carbocycles. The molecule has 0 amide bonds. The SMILES string of the molecule is O=Cc1cc2cncc(-c3cccc(OC(F)(F)F)c3)c2o1. The average Bonchev–Trinajstić information content (AvgIpc) is 2.88. The van der Waals surface area contributed by atoms with Crippen molar-refractivity contribution in [3.05, 3.63) is 48.5 Å². The Morgan fingerprint density at radius 3 is 2.73 bits per heavy atom. The van der Waals surface area contributed by atoms with E-state index in [1.165, 1.54) is 36.7 Å². The highest BCUT2D eigenvalue weighted by molar-refractivity contribution is 5.94. The first-order valence-corrected chi connectivity index (χ1v) is 6.15. The molecule has 2 aromatic heterocycles. The smallest absolute Gasteiger partial charge is 0.453 e. The number of nitrogens with zero attached hydrogens (tertiary/aromatic N) is 1. The summed E-state index contributed by atoms with van der Waals surface area (Å²) in [5.74, 6) is -0.226. The summed E-state index contributed by atoms with van der Waals surface area (Å²) >= 11 is 0. The highest BCUT2D eigenvalue weighted by Gasteiger charge is 2.31. The number of rotatable bonds is 3. The van der Waals surface area contributed by atoms with Gasteiger partial charge in [-0.25, -0.2) is 0 Å². The van der Waals surface area contributed by atoms with E-state index in [1.54, 1.807) is 6.07 Å². The molecular weight excluding hydrogens is 299 g/mol. The average molecular weight is 307 g/mol. The van der Waals surface area contributed by atoms with Gasteiger partial charge in [-0.3, -0.25) is 9.78 Å². The number of hydrogen-bond acceptors (Lipinski definition) is 4. The molecule has 0 saturated heterocycles. The number of carbonyl (C=O) groups is 1. The van der Waals surface area contributed by atoms with Crippen LogP contribution in [0.5, 0.6) is 5.75 Å². The van der Waals surface area contributed by atoms with Gasteiger partial charge in [0.05, 0.1) is 0 Å². The summed E-state index contributed by atoms with van der Waals surface area (Å²) in [6.45, 7) is 0. The maximum Gasteiger partial charge on any atom is 0.573 e. The van der Waals surface area contributed by atoms with Gasteiger partial charge < -0.3 is 9.15 Å². The second kappa shape index (κ2) is 5.18. The first kappa shape index (κ1) is 14.1. The Morgan fingerprint density at radius 2 is 2.00 bits per heavy atom. The van der Waals surface area contributed by atoms with E-state index in [4.69, 9.17) is 4.42 Å². The monoisotopic (exact) mass is 307 g/mol. The van der Waals surface area contributed by atoms with E-state index in [0.29, 0.717) is 28.4 Å². The summed E-state index contributed by atoms with van der Waals surface area (Å²) in [6, 6.07) is 6.97. The molecule has 0 aliphatic heterocycles. The van der Waals surface area contributed by atoms with E-state index in [0.717, 1.165) is 0 Å². The van der Waals surface area contributed by atoms with Crippen molar-refractivity contribution in [2.24, 2.45) is 0 Å². The third kappa shape index (κ3) is 2.78. The van der Waals surface area contributed by atoms with Crippen LogP contribution in [0.4, 0.5) is 13.2 Å². The van der Waals surface area contributed by atoms with Gasteiger partial charge >= 0.3 is 6.36 Å². The van der Waals surface area contributed by atoms with Crippen molar-refractivity contribution in [3.63, 3.8) is 0 Å². The fraction of sp³-hybridized carbons (Fsp3) is 0.0667. The lowest BCUT2D eigenvalue weighted by atomic mass is 10.1. The number of pyridine rings is 1. The number of hydrogen-bond donors (Lipinski definition) is 0. The molecule has 22 heavy (non-hydrogen) atoms. The maximum atomic E-state index is 12.3. The molecular formula is C15H8F3NO3. The van der Waals surface area contributed by atoms with E-state index in [1.807, 2.05) is 0 Å². The molecule has 3 rings (SSSR count). The molecule has 1 aromatic carbocycles. The van der Waals surface area contributed by atoms with Crippen LogP contribution in [0, 0.1) is 0 Å². The fourth-order valence-electron chi connectivity index (χ4n) is 2.11. The van der Waals surface area contributed by atoms with Gasteiger partial charge in [0.1, 0.15) is 11.3 Å². The standard InChI is InChI=1S/C15H8F3NO3/c16-15(17,18)22-11-3-1-2-9(4-11)13-7-19-6-10-5-12(8-20)21-14(10)13/h1-8H. The summed E-state index contributed by atoms with van der Waals surface area (Å²) in [5, 5.41) is 0.585. The van der Waals surface area contributed by atoms with Crippen LogP contribution >= 0.6 is 0 Å². The summed E-state index contributed by atoms with van der Waals surface area (Å²) < 4.78 is 46.1. The summed E-state index contributed by atoms with van der Waals surface area (Å²) in [7, 11) is 0. The van der Waals surface area contributed by atoms with Crippen LogP contribution in [0.3, 0.4) is 0 Å². The van der Waals surface area contributed by atoms with Gasteiger partial charge in [0.25, 0.3) is 0 Å². The molecule has 4 nitrogen and oxygen atoms in total. The molecule has 0 fully saturated rings. The number of aromatic nitrogens is 1. The predicted molar refractivity (Wildman–Crippen MR) is 71.5 cm³/mol. The van der Waals surface area contributed by atoms with E-state index < -0.39 is 6.36 Å². The van der Waals surface area contributed by atoms with Gasteiger partial charge in [0.15, 0.2) is 12.0 Å². The van der Waals surface area contributed by atoms with E-state index in [-0.39, 0.29) is 11.5 Å². The second-order valence-corrected chi connectivity index (χ2v) is 4.45. The first-order valence-electron chi connectivity index (χ1n) is 6.15. The Morgan fingerprint density at radius 1 is 1.18 bits per heavy atom. The zero-order valence-corrected chi connectivity index (χ0v) is 10.9. The number of furan rings is 1. The molecule has 0 aliphatic rings. The Kier molecular flexibility index (Phi) is 3.32. The third-order valence-corrected chi connectivity index (χ3v) is 2.94. The molecule has 0 saturated carbocycles. The minimum Gasteiger partial charge on any atom is -0.453 e. The minimum atomic E-state index is -4.77. The van der Waals surface area contributed by atoms with Gasteiger partial charge in [-0.05, 0) is 23.8 Å². The van der Waals surface area contributed by atoms with Crippen molar-refractivity contribution in [1.82, 2.24) is 4.98 Å². The molecule has 0 bridgehead atoms. The highest BCUT2D eigenvalue weighted by atomic mass is 19.4. The van der Waals surface area contributed by atoms with Gasteiger partial charge in [0, 0.05) is 23.3 Å². The van der Waals surface area contributed by atoms with Crippen LogP contribution in [0.2, 0.25) is 0 Å². The van der Waals surface area contributed by atoms with Crippen LogP contribution in [-0.4, -0.2) is 17.6 Å². The predicted octanol–water partition coefficient (Wildman–Crippen LogP) is 4.21. The van der Waals surface area contributed by atoms with E-state index in [2.05, 4.69) is 9.72 Å². The van der Waals surface area contributed by atoms with Crippen molar-refractivity contribution in [1.29, 1.82) is 0 Å². The van der Waals surface area contributed by atoms with Gasteiger partial charge in [-0.15, -0.1) is 13.2 Å². The lowest BCUT2D eigenvalue weighted by Gasteiger charge is -2.10. The van der Waals surface area contributed by atoms with E-state index >= 15 is 0 Å². The fourth-order valence-corrected chi connectivity index (χ4v) is 2.11. The summed E-state index contributed by atoms with van der Waals surface area (Å²) in [5.41, 5.74) is 1.28. The zero-order valence-electron chi connectivity index (χ0n) is 10.9. The largest absolute Gasteiger partial charge is 0.573 e. The van der Waals surface area contributed by atoms with Crippen molar-refractivity contribution < 1.29 is 27.1 Å². The number of alkyl halides is 3. The quantitative estimate of drug-likeness (QED) is 0.680. The molecule has 0 spiro atoms. The first-order chi connectivity index (χ1) is 10.5. The number of aldehydes is 1. The van der Waals surface area contributed by atoms with Crippen molar-refractivity contribution >= 4 is 17.3 Å². The van der Waals surface area contributed by atoms with Crippen molar-refractivity contribution in [2.45, 2.75) is 6.36 Å². The minimum absolute atomic E-state index is 0.118. The topological polar surface area (TPSA) is 52.3 Å². The van der Waals surface area contributed by atoms with Crippen LogP contribution in [0.1, 0.15) is 10.6 Å². The second-order valence-electron chi connectivity index (χ2n) is 4.45. The number of carbonyl (C=O) groups excluding carboxylic acids is 1. The Bertz CT molecular complexity index is 839. The van der Waals surface area contributed by atoms with Crippen LogP contribution in [0.25, 0.3) is 22.1 Å². The Labute approximate surface area is 122 Å². The van der Waals surface area contributed by atoms with E-state index in [9.17, 15) is 18.0 Å². The lowest BCUT2D eigenvalue weighted by Crippen LogP contribution is -2.17. The molecule has 3 aromatic rings. The third-order valence-electron chi connectivity index (χ3n) is 2.94. The molecule has 0 radical (unpaired) electrons. The lowest BCUT2D eigenvalue weighted by molar-refractivity contribution is -0.274. The number of fused-ring (bicyclic) bond motifs is 1. The summed E-state index contributed by atoms with van der Waals surface area (Å²) in [6.07, 6.45) is -1.26. The number of ether oxygens (including phenoxy) is 1. The van der Waals surface area contributed by atoms with Crippen LogP contribution < -0.4 is 4.74 Å². The number of halogens is 3. The molecule has 7 heteroatoms. The zero-order chi connectivity index (χ0) is 15.7. The number of benzene rings is 1. The van der Waals surface area contributed by atoms with Gasteiger partial charge in [-0.2, -0.15) is 0 Å². The van der Waals surface area contributed by atoms with Crippen LogP contribution in [-0.2, 0) is 0 Å². The molecule has 112 valence electrons. The summed E-state index contributed by atoms with van der Waals surface area (Å²) in [4.78, 5) is 14.8. The van der Waals surface area contributed by atoms with Crippen molar-refractivity contribution in [3.8, 4) is 16.9 Å². The molecule has 0 atom stereocenters. The van der Waals surface area contributed by atoms with Crippen molar-refractivity contribution in [2.75, 3.05) is 0 Å². The Balaban J connectivity index is 2.09.